The lowest BCUT2D eigenvalue weighted by Gasteiger charge is -2.36. The van der Waals surface area contributed by atoms with Gasteiger partial charge in [0.15, 0.2) is 0 Å². The molecule has 27 heavy (non-hydrogen) atoms. The van der Waals surface area contributed by atoms with E-state index in [0.717, 1.165) is 42.5 Å². The van der Waals surface area contributed by atoms with Crippen molar-refractivity contribution in [2.75, 3.05) is 18.0 Å². The topological polar surface area (TPSA) is 91.0 Å². The van der Waals surface area contributed by atoms with Crippen LogP contribution in [-0.2, 0) is 0 Å². The number of benzene rings is 1. The van der Waals surface area contributed by atoms with Gasteiger partial charge in [-0.05, 0) is 37.5 Å². The molecule has 7 heteroatoms. The predicted molar refractivity (Wildman–Crippen MR) is 104 cm³/mol. The van der Waals surface area contributed by atoms with Gasteiger partial charge in [0, 0.05) is 30.6 Å². The first-order chi connectivity index (χ1) is 13.2. The Bertz CT molecular complexity index is 996. The maximum Gasteiger partial charge on any atom is 0.269 e. The van der Waals surface area contributed by atoms with Crippen LogP contribution in [0.3, 0.4) is 0 Å². The number of aromatic nitrogens is 3. The third-order valence-corrected chi connectivity index (χ3v) is 4.92. The molecule has 4 rings (SSSR count). The summed E-state index contributed by atoms with van der Waals surface area (Å²) in [6.45, 7) is 1.36. The van der Waals surface area contributed by atoms with Gasteiger partial charge in [-0.1, -0.05) is 24.3 Å². The number of piperidine rings is 1. The average Bonchev–Trinajstić information content (AvgIpc) is 2.72. The van der Waals surface area contributed by atoms with Crippen molar-refractivity contribution in [3.05, 3.63) is 64.6 Å². The van der Waals surface area contributed by atoms with Crippen molar-refractivity contribution in [1.29, 1.82) is 0 Å². The van der Waals surface area contributed by atoms with Crippen LogP contribution in [0.25, 0.3) is 10.9 Å². The summed E-state index contributed by atoms with van der Waals surface area (Å²) in [4.78, 5) is 30.4. The molecule has 3 heterocycles. The summed E-state index contributed by atoms with van der Waals surface area (Å²) < 4.78 is 0. The van der Waals surface area contributed by atoms with Crippen LogP contribution >= 0.6 is 0 Å². The van der Waals surface area contributed by atoms with Crippen LogP contribution in [0.1, 0.15) is 29.8 Å². The summed E-state index contributed by atoms with van der Waals surface area (Å²) in [5, 5.41) is 10.6. The number of carbonyl (C=O) groups excluding carboxylic acids is 1. The number of nitrogens with one attached hydrogen (secondary N) is 2. The Morgan fingerprint density at radius 3 is 2.89 bits per heavy atom. The minimum absolute atomic E-state index is 0.140. The van der Waals surface area contributed by atoms with E-state index in [9.17, 15) is 9.59 Å². The van der Waals surface area contributed by atoms with E-state index in [2.05, 4.69) is 25.4 Å². The lowest BCUT2D eigenvalue weighted by atomic mass is 10.0. The van der Waals surface area contributed by atoms with Crippen LogP contribution in [0.15, 0.2) is 53.3 Å². The Morgan fingerprint density at radius 1 is 1.15 bits per heavy atom. The molecule has 138 valence electrons. The third-order valence-electron chi connectivity index (χ3n) is 4.92. The smallest absolute Gasteiger partial charge is 0.269 e. The number of rotatable bonds is 4. The third kappa shape index (κ3) is 3.81. The number of amides is 1. The molecule has 0 bridgehead atoms. The highest BCUT2D eigenvalue weighted by Gasteiger charge is 2.24. The van der Waals surface area contributed by atoms with Crippen molar-refractivity contribution in [2.45, 2.75) is 25.3 Å². The maximum atomic E-state index is 12.6. The average molecular weight is 363 g/mol. The number of H-pyrrole nitrogens is 1. The van der Waals surface area contributed by atoms with Crippen molar-refractivity contribution in [1.82, 2.24) is 20.5 Å². The van der Waals surface area contributed by atoms with Crippen LogP contribution < -0.4 is 15.8 Å². The molecule has 0 aliphatic carbocycles. The first-order valence-electron chi connectivity index (χ1n) is 9.17. The van der Waals surface area contributed by atoms with Crippen LogP contribution in [0.4, 0.5) is 5.82 Å². The van der Waals surface area contributed by atoms with E-state index in [1.807, 2.05) is 30.3 Å². The fourth-order valence-corrected chi connectivity index (χ4v) is 3.51. The van der Waals surface area contributed by atoms with Crippen molar-refractivity contribution in [3.63, 3.8) is 0 Å². The summed E-state index contributed by atoms with van der Waals surface area (Å²) in [6.07, 6.45) is 3.14. The molecule has 3 aromatic rings. The van der Waals surface area contributed by atoms with Crippen LogP contribution in [0.2, 0.25) is 0 Å². The zero-order chi connectivity index (χ0) is 18.6. The van der Waals surface area contributed by atoms with Gasteiger partial charge >= 0.3 is 0 Å². The van der Waals surface area contributed by atoms with Crippen molar-refractivity contribution in [2.24, 2.45) is 0 Å². The summed E-state index contributed by atoms with van der Waals surface area (Å²) >= 11 is 0. The number of carbonyl (C=O) groups is 1. The molecule has 1 unspecified atom stereocenters. The molecule has 0 saturated carbocycles. The summed E-state index contributed by atoms with van der Waals surface area (Å²) in [5.41, 5.74) is 1.00. The molecule has 1 aliphatic heterocycles. The number of hydrogen-bond acceptors (Lipinski definition) is 5. The summed E-state index contributed by atoms with van der Waals surface area (Å²) in [7, 11) is 0. The quantitative estimate of drug-likeness (QED) is 0.741. The fourth-order valence-electron chi connectivity index (χ4n) is 3.51. The normalized spacial score (nSPS) is 17.0. The molecule has 2 N–H and O–H groups in total. The van der Waals surface area contributed by atoms with E-state index in [0.29, 0.717) is 12.2 Å². The molecular formula is C20H21N5O2. The van der Waals surface area contributed by atoms with E-state index in [4.69, 9.17) is 0 Å². The number of hydrogen-bond donors (Lipinski definition) is 2. The Hall–Kier alpha value is -3.22. The molecule has 1 aliphatic rings. The highest BCUT2D eigenvalue weighted by atomic mass is 16.2. The second-order valence-corrected chi connectivity index (χ2v) is 6.72. The van der Waals surface area contributed by atoms with E-state index < -0.39 is 0 Å². The SMILES string of the molecule is O=C(NCC1CCCCN1c1ccc(=O)[nH]n1)c1ccc2ccccc2n1. The predicted octanol–water partition coefficient (Wildman–Crippen LogP) is 2.11. The van der Waals surface area contributed by atoms with Gasteiger partial charge < -0.3 is 10.2 Å². The Kier molecular flexibility index (Phi) is 4.82. The lowest BCUT2D eigenvalue weighted by molar-refractivity contribution is 0.0945. The van der Waals surface area contributed by atoms with E-state index in [1.165, 1.54) is 6.07 Å². The zero-order valence-electron chi connectivity index (χ0n) is 14.9. The van der Waals surface area contributed by atoms with E-state index in [-0.39, 0.29) is 17.5 Å². The standard InChI is InChI=1S/C20H21N5O2/c26-19-11-10-18(23-24-19)25-12-4-3-6-15(25)13-21-20(27)17-9-8-14-5-1-2-7-16(14)22-17/h1-2,5,7-11,15H,3-4,6,12-13H2,(H,21,27)(H,24,26). The van der Waals surface area contributed by atoms with Crippen LogP contribution in [-0.4, -0.2) is 40.2 Å². The maximum absolute atomic E-state index is 12.6. The Morgan fingerprint density at radius 2 is 2.04 bits per heavy atom. The Labute approximate surface area is 156 Å². The largest absolute Gasteiger partial charge is 0.350 e. The van der Waals surface area contributed by atoms with E-state index >= 15 is 0 Å². The first kappa shape index (κ1) is 17.2. The zero-order valence-corrected chi connectivity index (χ0v) is 14.9. The molecule has 7 nitrogen and oxygen atoms in total. The highest BCUT2D eigenvalue weighted by molar-refractivity contribution is 5.94. The first-order valence-corrected chi connectivity index (χ1v) is 9.17. The monoisotopic (exact) mass is 363 g/mol. The van der Waals surface area contributed by atoms with Gasteiger partial charge in [-0.25, -0.2) is 10.1 Å². The second-order valence-electron chi connectivity index (χ2n) is 6.72. The summed E-state index contributed by atoms with van der Waals surface area (Å²) in [5.74, 6) is 0.554. The minimum atomic E-state index is -0.219. The van der Waals surface area contributed by atoms with Crippen molar-refractivity contribution < 1.29 is 4.79 Å². The second kappa shape index (κ2) is 7.57. The minimum Gasteiger partial charge on any atom is -0.350 e. The fraction of sp³-hybridized carbons (Fsp3) is 0.300. The van der Waals surface area contributed by atoms with Gasteiger partial charge in [-0.15, -0.1) is 0 Å². The number of fused-ring (bicyclic) bond motifs is 1. The van der Waals surface area contributed by atoms with Gasteiger partial charge in [0.2, 0.25) is 0 Å². The Balaban J connectivity index is 1.46. The molecule has 1 fully saturated rings. The van der Waals surface area contributed by atoms with E-state index in [1.54, 1.807) is 12.1 Å². The van der Waals surface area contributed by atoms with Gasteiger partial charge in [0.05, 0.1) is 5.52 Å². The molecule has 0 spiro atoms. The molecule has 1 saturated heterocycles. The van der Waals surface area contributed by atoms with Gasteiger partial charge in [-0.2, -0.15) is 5.10 Å². The summed E-state index contributed by atoms with van der Waals surface area (Å²) in [6, 6.07) is 14.7. The van der Waals surface area contributed by atoms with Crippen molar-refractivity contribution >= 4 is 22.6 Å². The number of nitrogens with zero attached hydrogens (tertiary/aromatic N) is 3. The number of aromatic amines is 1. The number of pyridine rings is 1. The lowest BCUT2D eigenvalue weighted by Crippen LogP contribution is -2.47. The van der Waals surface area contributed by atoms with Crippen LogP contribution in [0.5, 0.6) is 0 Å². The molecule has 2 aromatic heterocycles. The number of para-hydroxylation sites is 1. The van der Waals surface area contributed by atoms with Gasteiger partial charge in [0.1, 0.15) is 11.5 Å². The number of anilines is 1. The molecule has 0 radical (unpaired) electrons. The van der Waals surface area contributed by atoms with Crippen molar-refractivity contribution in [3.8, 4) is 0 Å². The molecule has 1 amide bonds. The van der Waals surface area contributed by atoms with Gasteiger partial charge in [0.25, 0.3) is 11.5 Å². The van der Waals surface area contributed by atoms with Gasteiger partial charge in [-0.3, -0.25) is 9.59 Å². The molecule has 1 aromatic carbocycles. The van der Waals surface area contributed by atoms with Crippen LogP contribution in [0, 0.1) is 0 Å². The molecule has 1 atom stereocenters. The molecular weight excluding hydrogens is 342 g/mol. The highest BCUT2D eigenvalue weighted by Crippen LogP contribution is 2.21.